The normalized spacial score (nSPS) is 21.0. The smallest absolute Gasteiger partial charge is 0.355 e. The van der Waals surface area contributed by atoms with Gasteiger partial charge in [0, 0.05) is 5.02 Å². The monoisotopic (exact) mass is 397 g/mol. The SMILES string of the molecule is CCOC(=O)C1=NN(c2ccccc2)[C@@H]2C(=O)N(c3ccc(Cl)cc3)C(=O)[C@@H]12. The Labute approximate surface area is 166 Å². The lowest BCUT2D eigenvalue weighted by atomic mass is 9.98. The number of amides is 2. The standard InChI is InChI=1S/C20H16ClN3O4/c1-2-28-20(27)16-15-17(24(22-16)14-6-4-3-5-7-14)19(26)23(18(15)25)13-10-8-12(21)9-11-13/h3-11,15,17H,2H2,1H3/t15-,17-/m0/s1. The lowest BCUT2D eigenvalue weighted by molar-refractivity contribution is -0.136. The molecule has 0 spiro atoms. The van der Waals surface area contributed by atoms with Gasteiger partial charge < -0.3 is 4.74 Å². The van der Waals surface area contributed by atoms with Crippen molar-refractivity contribution in [3.05, 3.63) is 59.6 Å². The first-order chi connectivity index (χ1) is 13.5. The Kier molecular flexibility index (Phi) is 4.60. The van der Waals surface area contributed by atoms with E-state index in [0.717, 1.165) is 4.90 Å². The summed E-state index contributed by atoms with van der Waals surface area (Å²) in [6.07, 6.45) is 0. The van der Waals surface area contributed by atoms with Crippen molar-refractivity contribution in [1.29, 1.82) is 0 Å². The highest BCUT2D eigenvalue weighted by molar-refractivity contribution is 6.47. The third-order valence-electron chi connectivity index (χ3n) is 4.64. The van der Waals surface area contributed by atoms with Gasteiger partial charge in [-0.2, -0.15) is 5.10 Å². The number of anilines is 2. The maximum Gasteiger partial charge on any atom is 0.355 e. The molecule has 0 radical (unpaired) electrons. The van der Waals surface area contributed by atoms with Gasteiger partial charge in [-0.25, -0.2) is 9.69 Å². The van der Waals surface area contributed by atoms with Crippen LogP contribution in [0.25, 0.3) is 0 Å². The molecule has 0 saturated carbocycles. The van der Waals surface area contributed by atoms with Gasteiger partial charge in [-0.3, -0.25) is 14.6 Å². The Morgan fingerprint density at radius 1 is 1.04 bits per heavy atom. The zero-order chi connectivity index (χ0) is 19.8. The summed E-state index contributed by atoms with van der Waals surface area (Å²) >= 11 is 5.91. The van der Waals surface area contributed by atoms with Crippen molar-refractivity contribution in [3.63, 3.8) is 0 Å². The van der Waals surface area contributed by atoms with E-state index in [4.69, 9.17) is 16.3 Å². The van der Waals surface area contributed by atoms with E-state index in [0.29, 0.717) is 16.4 Å². The van der Waals surface area contributed by atoms with E-state index in [1.807, 2.05) is 6.07 Å². The molecule has 2 atom stereocenters. The van der Waals surface area contributed by atoms with E-state index >= 15 is 0 Å². The Bertz CT molecular complexity index is 975. The number of nitrogens with zero attached hydrogens (tertiary/aromatic N) is 3. The second kappa shape index (κ2) is 7.09. The molecule has 0 aromatic heterocycles. The molecule has 0 unspecified atom stereocenters. The maximum absolute atomic E-state index is 13.2. The lowest BCUT2D eigenvalue weighted by Crippen LogP contribution is -2.39. The molecule has 7 nitrogen and oxygen atoms in total. The van der Waals surface area contributed by atoms with Crippen LogP contribution in [0.5, 0.6) is 0 Å². The Morgan fingerprint density at radius 3 is 2.36 bits per heavy atom. The summed E-state index contributed by atoms with van der Waals surface area (Å²) in [5.74, 6) is -2.69. The zero-order valence-corrected chi connectivity index (χ0v) is 15.7. The first-order valence-electron chi connectivity index (χ1n) is 8.76. The van der Waals surface area contributed by atoms with Gasteiger partial charge in [-0.15, -0.1) is 0 Å². The van der Waals surface area contributed by atoms with Crippen LogP contribution in [0.2, 0.25) is 5.02 Å². The van der Waals surface area contributed by atoms with Crippen LogP contribution in [0.3, 0.4) is 0 Å². The first kappa shape index (κ1) is 18.2. The van der Waals surface area contributed by atoms with E-state index in [1.54, 1.807) is 55.5 Å². The van der Waals surface area contributed by atoms with Gasteiger partial charge in [0.15, 0.2) is 5.71 Å². The number of carbonyl (C=O) groups excluding carboxylic acids is 3. The highest BCUT2D eigenvalue weighted by atomic mass is 35.5. The minimum atomic E-state index is -1.03. The van der Waals surface area contributed by atoms with Crippen molar-refractivity contribution in [1.82, 2.24) is 0 Å². The van der Waals surface area contributed by atoms with Crippen molar-refractivity contribution >= 4 is 46.5 Å². The number of halogens is 1. The highest BCUT2D eigenvalue weighted by Crippen LogP contribution is 2.38. The van der Waals surface area contributed by atoms with E-state index < -0.39 is 29.7 Å². The summed E-state index contributed by atoms with van der Waals surface area (Å²) < 4.78 is 5.06. The van der Waals surface area contributed by atoms with E-state index in [1.165, 1.54) is 5.01 Å². The van der Waals surface area contributed by atoms with Crippen molar-refractivity contribution in [2.24, 2.45) is 11.0 Å². The summed E-state index contributed by atoms with van der Waals surface area (Å²) in [5, 5.41) is 6.20. The van der Waals surface area contributed by atoms with Gasteiger partial charge in [0.2, 0.25) is 5.91 Å². The highest BCUT2D eigenvalue weighted by Gasteiger charge is 2.59. The number of hydrogen-bond acceptors (Lipinski definition) is 6. The van der Waals surface area contributed by atoms with Crippen LogP contribution in [-0.2, 0) is 19.1 Å². The molecule has 0 aliphatic carbocycles. The maximum atomic E-state index is 13.2. The molecule has 2 aromatic carbocycles. The van der Waals surface area contributed by atoms with Crippen LogP contribution in [0.1, 0.15) is 6.92 Å². The van der Waals surface area contributed by atoms with Crippen LogP contribution in [0.15, 0.2) is 59.7 Å². The van der Waals surface area contributed by atoms with Crippen LogP contribution in [0.4, 0.5) is 11.4 Å². The number of ether oxygens (including phenoxy) is 1. The zero-order valence-electron chi connectivity index (χ0n) is 14.9. The molecule has 0 N–H and O–H groups in total. The minimum Gasteiger partial charge on any atom is -0.461 e. The number of fused-ring (bicyclic) bond motifs is 1. The molecular weight excluding hydrogens is 382 g/mol. The quantitative estimate of drug-likeness (QED) is 0.585. The largest absolute Gasteiger partial charge is 0.461 e. The molecule has 1 fully saturated rings. The lowest BCUT2D eigenvalue weighted by Gasteiger charge is -2.22. The number of rotatable bonds is 4. The summed E-state index contributed by atoms with van der Waals surface area (Å²) in [7, 11) is 0. The molecule has 142 valence electrons. The third-order valence-corrected chi connectivity index (χ3v) is 4.89. The molecule has 2 aliphatic rings. The fourth-order valence-corrected chi connectivity index (χ4v) is 3.55. The van der Waals surface area contributed by atoms with Crippen LogP contribution >= 0.6 is 11.6 Å². The number of hydrogen-bond donors (Lipinski definition) is 0. The van der Waals surface area contributed by atoms with E-state index in [2.05, 4.69) is 5.10 Å². The van der Waals surface area contributed by atoms with Crippen LogP contribution < -0.4 is 9.91 Å². The van der Waals surface area contributed by atoms with Crippen LogP contribution in [0, 0.1) is 5.92 Å². The Balaban J connectivity index is 1.78. The number of imide groups is 1. The van der Waals surface area contributed by atoms with Gasteiger partial charge >= 0.3 is 5.97 Å². The van der Waals surface area contributed by atoms with Gasteiger partial charge in [0.1, 0.15) is 12.0 Å². The van der Waals surface area contributed by atoms with Crippen LogP contribution in [-0.4, -0.2) is 36.1 Å². The van der Waals surface area contributed by atoms with Gasteiger partial charge in [-0.1, -0.05) is 29.8 Å². The molecule has 28 heavy (non-hydrogen) atoms. The summed E-state index contributed by atoms with van der Waals surface area (Å²) in [6.45, 7) is 1.81. The summed E-state index contributed by atoms with van der Waals surface area (Å²) in [4.78, 5) is 39.8. The van der Waals surface area contributed by atoms with E-state index in [-0.39, 0.29) is 12.3 Å². The second-order valence-electron chi connectivity index (χ2n) is 6.30. The average molecular weight is 398 g/mol. The van der Waals surface area contributed by atoms with E-state index in [9.17, 15) is 14.4 Å². The van der Waals surface area contributed by atoms with Gasteiger partial charge in [0.25, 0.3) is 5.91 Å². The molecule has 8 heteroatoms. The van der Waals surface area contributed by atoms with Gasteiger partial charge in [0.05, 0.1) is 18.0 Å². The number of carbonyl (C=O) groups is 3. The molecule has 2 heterocycles. The molecule has 2 aromatic rings. The topological polar surface area (TPSA) is 79.3 Å². The number of benzene rings is 2. The second-order valence-corrected chi connectivity index (χ2v) is 6.73. The molecule has 0 bridgehead atoms. The third kappa shape index (κ3) is 2.84. The fraction of sp³-hybridized carbons (Fsp3) is 0.200. The Morgan fingerprint density at radius 2 is 1.71 bits per heavy atom. The number of para-hydroxylation sites is 1. The van der Waals surface area contributed by atoms with Crippen molar-refractivity contribution in [2.75, 3.05) is 16.5 Å². The molecule has 1 saturated heterocycles. The predicted molar refractivity (Wildman–Crippen MR) is 104 cm³/mol. The number of esters is 1. The molecule has 4 rings (SSSR count). The molecular formula is C20H16ClN3O4. The summed E-state index contributed by atoms with van der Waals surface area (Å²) in [5.41, 5.74) is 0.937. The fourth-order valence-electron chi connectivity index (χ4n) is 3.43. The summed E-state index contributed by atoms with van der Waals surface area (Å²) in [6, 6.07) is 14.4. The average Bonchev–Trinajstić information content (AvgIpc) is 3.21. The first-order valence-corrected chi connectivity index (χ1v) is 9.14. The molecule has 2 amide bonds. The van der Waals surface area contributed by atoms with Crippen molar-refractivity contribution in [2.45, 2.75) is 13.0 Å². The Hall–Kier alpha value is -3.19. The van der Waals surface area contributed by atoms with Crippen molar-refractivity contribution < 1.29 is 19.1 Å². The molecule has 2 aliphatic heterocycles. The number of hydrazone groups is 1. The predicted octanol–water partition coefficient (Wildman–Crippen LogP) is 2.64. The van der Waals surface area contributed by atoms with Gasteiger partial charge in [-0.05, 0) is 43.3 Å². The minimum absolute atomic E-state index is 0.0643. The van der Waals surface area contributed by atoms with Crippen molar-refractivity contribution in [3.8, 4) is 0 Å².